The summed E-state index contributed by atoms with van der Waals surface area (Å²) in [4.78, 5) is 28.2. The van der Waals surface area contributed by atoms with Gasteiger partial charge in [-0.3, -0.25) is 14.6 Å². The molecule has 0 atom stereocenters. The first-order valence-corrected chi connectivity index (χ1v) is 6.64. The summed E-state index contributed by atoms with van der Waals surface area (Å²) in [7, 11) is 0. The van der Waals surface area contributed by atoms with Crippen LogP contribution in [0.3, 0.4) is 0 Å². The minimum atomic E-state index is -0.773. The average Bonchev–Trinajstić information content (AvgIpc) is 2.40. The molecule has 5 nitrogen and oxygen atoms in total. The van der Waals surface area contributed by atoms with Crippen LogP contribution in [0.5, 0.6) is 0 Å². The zero-order valence-electron chi connectivity index (χ0n) is 10.8. The normalized spacial score (nSPS) is 10.2. The third-order valence-electron chi connectivity index (χ3n) is 2.64. The van der Waals surface area contributed by atoms with Gasteiger partial charge in [0.25, 0.3) is 11.8 Å². The fourth-order valence-electron chi connectivity index (χ4n) is 1.69. The highest BCUT2D eigenvalue weighted by molar-refractivity contribution is 7.99. The molecule has 2 rings (SSSR count). The van der Waals surface area contributed by atoms with E-state index in [0.717, 1.165) is 10.5 Å². The maximum Gasteiger partial charge on any atom is 0.268 e. The van der Waals surface area contributed by atoms with E-state index in [-0.39, 0.29) is 11.3 Å². The standard InChI is InChI=1S/C14H13N3O2S/c1-8-2-4-9(5-3-8)20-10-6-7-17-12(14(16)19)11(10)13(15)18/h2-7H,1H3,(H2,15,18)(H2,16,19). The van der Waals surface area contributed by atoms with E-state index in [4.69, 9.17) is 11.5 Å². The summed E-state index contributed by atoms with van der Waals surface area (Å²) in [5.74, 6) is -1.49. The summed E-state index contributed by atoms with van der Waals surface area (Å²) in [6, 6.07) is 9.41. The Morgan fingerprint density at radius 2 is 1.70 bits per heavy atom. The number of carbonyl (C=O) groups excluding carboxylic acids is 2. The van der Waals surface area contributed by atoms with Crippen LogP contribution >= 0.6 is 11.8 Å². The molecule has 6 heteroatoms. The highest BCUT2D eigenvalue weighted by Crippen LogP contribution is 2.31. The number of benzene rings is 1. The molecule has 0 aliphatic rings. The van der Waals surface area contributed by atoms with E-state index in [0.29, 0.717) is 4.90 Å². The molecule has 1 heterocycles. The van der Waals surface area contributed by atoms with Crippen molar-refractivity contribution in [3.05, 3.63) is 53.3 Å². The molecule has 0 fully saturated rings. The summed E-state index contributed by atoms with van der Waals surface area (Å²) in [6.07, 6.45) is 1.43. The lowest BCUT2D eigenvalue weighted by Gasteiger charge is -2.09. The summed E-state index contributed by atoms with van der Waals surface area (Å²) in [5, 5.41) is 0. The lowest BCUT2D eigenvalue weighted by atomic mass is 10.2. The van der Waals surface area contributed by atoms with E-state index in [1.807, 2.05) is 31.2 Å². The fraction of sp³-hybridized carbons (Fsp3) is 0.0714. The quantitative estimate of drug-likeness (QED) is 0.894. The van der Waals surface area contributed by atoms with Crippen molar-refractivity contribution in [3.8, 4) is 0 Å². The third kappa shape index (κ3) is 2.97. The predicted molar refractivity (Wildman–Crippen MR) is 76.6 cm³/mol. The highest BCUT2D eigenvalue weighted by Gasteiger charge is 2.19. The first-order chi connectivity index (χ1) is 9.49. The summed E-state index contributed by atoms with van der Waals surface area (Å²) >= 11 is 1.33. The van der Waals surface area contributed by atoms with Crippen LogP contribution in [-0.2, 0) is 0 Å². The maximum absolute atomic E-state index is 11.6. The predicted octanol–water partition coefficient (Wildman–Crippen LogP) is 1.74. The second kappa shape index (κ2) is 5.75. The molecule has 0 bridgehead atoms. The van der Waals surface area contributed by atoms with Crippen LogP contribution in [0.4, 0.5) is 0 Å². The summed E-state index contributed by atoms with van der Waals surface area (Å²) in [5.41, 5.74) is 11.6. The van der Waals surface area contributed by atoms with Crippen molar-refractivity contribution in [2.75, 3.05) is 0 Å². The molecule has 0 saturated heterocycles. The van der Waals surface area contributed by atoms with Gasteiger partial charge in [-0.05, 0) is 25.1 Å². The number of primary amides is 2. The van der Waals surface area contributed by atoms with Gasteiger partial charge in [-0.2, -0.15) is 0 Å². The van der Waals surface area contributed by atoms with Crippen LogP contribution < -0.4 is 11.5 Å². The van der Waals surface area contributed by atoms with Crippen molar-refractivity contribution < 1.29 is 9.59 Å². The molecule has 0 radical (unpaired) electrons. The van der Waals surface area contributed by atoms with Gasteiger partial charge < -0.3 is 11.5 Å². The molecule has 2 amide bonds. The van der Waals surface area contributed by atoms with E-state index >= 15 is 0 Å². The molecule has 4 N–H and O–H groups in total. The number of aromatic nitrogens is 1. The smallest absolute Gasteiger partial charge is 0.268 e. The van der Waals surface area contributed by atoms with E-state index in [1.54, 1.807) is 6.07 Å². The number of amides is 2. The van der Waals surface area contributed by atoms with Gasteiger partial charge in [-0.1, -0.05) is 29.5 Å². The van der Waals surface area contributed by atoms with Crippen LogP contribution in [0.15, 0.2) is 46.3 Å². The number of rotatable bonds is 4. The third-order valence-corrected chi connectivity index (χ3v) is 3.71. The Hall–Kier alpha value is -2.34. The molecule has 0 spiro atoms. The first-order valence-electron chi connectivity index (χ1n) is 5.82. The number of nitrogens with zero attached hydrogens (tertiary/aromatic N) is 1. The molecule has 2 aromatic rings. The Kier molecular flexibility index (Phi) is 4.05. The average molecular weight is 287 g/mol. The molecule has 0 saturated carbocycles. The van der Waals surface area contributed by atoms with E-state index < -0.39 is 11.8 Å². The molecule has 1 aromatic carbocycles. The molecular formula is C14H13N3O2S. The van der Waals surface area contributed by atoms with Gasteiger partial charge in [0.05, 0.1) is 5.56 Å². The van der Waals surface area contributed by atoms with Gasteiger partial charge in [-0.25, -0.2) is 0 Å². The Labute approximate surface area is 120 Å². The Balaban J connectivity index is 2.46. The number of aryl methyl sites for hydroxylation is 1. The lowest BCUT2D eigenvalue weighted by Crippen LogP contribution is -2.22. The van der Waals surface area contributed by atoms with Gasteiger partial charge in [0, 0.05) is 16.0 Å². The number of hydrogen-bond donors (Lipinski definition) is 2. The molecule has 0 aliphatic carbocycles. The number of hydrogen-bond acceptors (Lipinski definition) is 4. The number of pyridine rings is 1. The monoisotopic (exact) mass is 287 g/mol. The van der Waals surface area contributed by atoms with Crippen molar-refractivity contribution in [1.29, 1.82) is 0 Å². The van der Waals surface area contributed by atoms with Crippen molar-refractivity contribution in [3.63, 3.8) is 0 Å². The Morgan fingerprint density at radius 1 is 1.05 bits per heavy atom. The van der Waals surface area contributed by atoms with Crippen LogP contribution in [0.1, 0.15) is 26.4 Å². The first kappa shape index (κ1) is 14.1. The highest BCUT2D eigenvalue weighted by atomic mass is 32.2. The van der Waals surface area contributed by atoms with Crippen LogP contribution in [0, 0.1) is 6.92 Å². The minimum absolute atomic E-state index is 0.0607. The number of nitrogens with two attached hydrogens (primary N) is 2. The summed E-state index contributed by atoms with van der Waals surface area (Å²) < 4.78 is 0. The minimum Gasteiger partial charge on any atom is -0.365 e. The van der Waals surface area contributed by atoms with Crippen LogP contribution in [0.25, 0.3) is 0 Å². The second-order valence-corrected chi connectivity index (χ2v) is 5.29. The van der Waals surface area contributed by atoms with Gasteiger partial charge >= 0.3 is 0 Å². The zero-order chi connectivity index (χ0) is 14.7. The molecule has 20 heavy (non-hydrogen) atoms. The van der Waals surface area contributed by atoms with Gasteiger partial charge in [0.1, 0.15) is 5.69 Å². The second-order valence-electron chi connectivity index (χ2n) is 4.18. The zero-order valence-corrected chi connectivity index (χ0v) is 11.6. The van der Waals surface area contributed by atoms with Crippen LogP contribution in [0.2, 0.25) is 0 Å². The Bertz CT molecular complexity index is 669. The molecular weight excluding hydrogens is 274 g/mol. The van der Waals surface area contributed by atoms with Gasteiger partial charge in [0.2, 0.25) is 0 Å². The number of carbonyl (C=O) groups is 2. The van der Waals surface area contributed by atoms with E-state index in [1.165, 1.54) is 18.0 Å². The molecule has 0 aliphatic heterocycles. The maximum atomic E-state index is 11.6. The van der Waals surface area contributed by atoms with Gasteiger partial charge in [0.15, 0.2) is 0 Å². The largest absolute Gasteiger partial charge is 0.365 e. The van der Waals surface area contributed by atoms with Crippen molar-refractivity contribution in [2.45, 2.75) is 16.7 Å². The lowest BCUT2D eigenvalue weighted by molar-refractivity contribution is 0.0961. The van der Waals surface area contributed by atoms with E-state index in [2.05, 4.69) is 4.98 Å². The molecule has 1 aromatic heterocycles. The molecule has 102 valence electrons. The van der Waals surface area contributed by atoms with Crippen molar-refractivity contribution >= 4 is 23.6 Å². The molecule has 0 unspecified atom stereocenters. The van der Waals surface area contributed by atoms with Gasteiger partial charge in [-0.15, -0.1) is 0 Å². The SMILES string of the molecule is Cc1ccc(Sc2ccnc(C(N)=O)c2C(N)=O)cc1. The topological polar surface area (TPSA) is 99.1 Å². The van der Waals surface area contributed by atoms with E-state index in [9.17, 15) is 9.59 Å². The van der Waals surface area contributed by atoms with Crippen LogP contribution in [-0.4, -0.2) is 16.8 Å². The Morgan fingerprint density at radius 3 is 2.25 bits per heavy atom. The summed E-state index contributed by atoms with van der Waals surface area (Å²) in [6.45, 7) is 1.99. The fourth-order valence-corrected chi connectivity index (χ4v) is 2.64. The van der Waals surface area contributed by atoms with Crippen molar-refractivity contribution in [2.24, 2.45) is 11.5 Å². The van der Waals surface area contributed by atoms with Crippen molar-refractivity contribution in [1.82, 2.24) is 4.98 Å².